The quantitative estimate of drug-likeness (QED) is 0.435. The molecule has 0 bridgehead atoms. The number of aliphatic imine (C=N–C) groups is 1. The summed E-state index contributed by atoms with van der Waals surface area (Å²) in [6, 6.07) is 10.6. The second-order valence-corrected chi connectivity index (χ2v) is 6.71. The van der Waals surface area contributed by atoms with Crippen LogP contribution in [0.15, 0.2) is 35.3 Å². The van der Waals surface area contributed by atoms with Crippen molar-refractivity contribution in [3.05, 3.63) is 35.9 Å². The molecule has 1 saturated carbocycles. The molecule has 0 unspecified atom stereocenters. The van der Waals surface area contributed by atoms with Gasteiger partial charge in [-0.3, -0.25) is 4.99 Å². The van der Waals surface area contributed by atoms with E-state index in [1.807, 2.05) is 0 Å². The first-order valence-corrected chi connectivity index (χ1v) is 7.63. The third-order valence-corrected chi connectivity index (χ3v) is 4.00. The number of guanidine groups is 1. The molecule has 0 saturated heterocycles. The average Bonchev–Trinajstić information content (AvgIpc) is 2.35. The highest BCUT2D eigenvalue weighted by atomic mass is 127. The number of nitrogens with one attached hydrogen (secondary N) is 1. The second kappa shape index (κ2) is 8.61. The molecule has 3 N–H and O–H groups in total. The molecule has 1 aromatic carbocycles. The number of hydrogen-bond donors (Lipinski definition) is 2. The van der Waals surface area contributed by atoms with Crippen LogP contribution in [0.5, 0.6) is 0 Å². The summed E-state index contributed by atoms with van der Waals surface area (Å²) in [5.41, 5.74) is 7.42. The second-order valence-electron chi connectivity index (χ2n) is 6.71. The molecule has 2 rings (SSSR count). The van der Waals surface area contributed by atoms with E-state index >= 15 is 0 Å². The van der Waals surface area contributed by atoms with E-state index in [0.29, 0.717) is 5.96 Å². The Morgan fingerprint density at radius 2 is 1.95 bits per heavy atom. The lowest BCUT2D eigenvalue weighted by molar-refractivity contribution is 0.315. The van der Waals surface area contributed by atoms with Crippen molar-refractivity contribution in [2.75, 3.05) is 13.1 Å². The van der Waals surface area contributed by atoms with Crippen LogP contribution in [0.25, 0.3) is 0 Å². The fourth-order valence-corrected chi connectivity index (χ4v) is 2.51. The van der Waals surface area contributed by atoms with Gasteiger partial charge >= 0.3 is 0 Å². The van der Waals surface area contributed by atoms with Gasteiger partial charge in [0.05, 0.1) is 0 Å². The highest BCUT2D eigenvalue weighted by molar-refractivity contribution is 14.0. The summed E-state index contributed by atoms with van der Waals surface area (Å²) in [5.74, 6) is 1.40. The van der Waals surface area contributed by atoms with E-state index in [0.717, 1.165) is 25.4 Å². The van der Waals surface area contributed by atoms with Gasteiger partial charge in [-0.25, -0.2) is 0 Å². The fraction of sp³-hybridized carbons (Fsp3) is 0.588. The minimum absolute atomic E-state index is 0. The Morgan fingerprint density at radius 3 is 2.52 bits per heavy atom. The maximum Gasteiger partial charge on any atom is 0.188 e. The lowest BCUT2D eigenvalue weighted by Crippen LogP contribution is -2.38. The van der Waals surface area contributed by atoms with Gasteiger partial charge in [-0.15, -0.1) is 24.0 Å². The molecule has 3 nitrogen and oxygen atoms in total. The lowest BCUT2D eigenvalue weighted by atomic mass is 9.85. The van der Waals surface area contributed by atoms with Crippen molar-refractivity contribution in [3.63, 3.8) is 0 Å². The van der Waals surface area contributed by atoms with Gasteiger partial charge in [-0.2, -0.15) is 0 Å². The molecule has 0 amide bonds. The molecule has 0 heterocycles. The van der Waals surface area contributed by atoms with E-state index in [2.05, 4.69) is 54.5 Å². The molecule has 1 aromatic rings. The summed E-state index contributed by atoms with van der Waals surface area (Å²) in [6.07, 6.45) is 5.06. The number of hydrogen-bond acceptors (Lipinski definition) is 1. The van der Waals surface area contributed by atoms with E-state index in [1.54, 1.807) is 0 Å². The largest absolute Gasteiger partial charge is 0.370 e. The summed E-state index contributed by atoms with van der Waals surface area (Å²) in [5, 5.41) is 3.25. The Morgan fingerprint density at radius 1 is 1.29 bits per heavy atom. The van der Waals surface area contributed by atoms with Crippen LogP contribution >= 0.6 is 24.0 Å². The lowest BCUT2D eigenvalue weighted by Gasteiger charge is -2.26. The van der Waals surface area contributed by atoms with Gasteiger partial charge < -0.3 is 11.1 Å². The zero-order chi connectivity index (χ0) is 14.4. The Labute approximate surface area is 145 Å². The number of halogens is 1. The molecule has 0 radical (unpaired) electrons. The van der Waals surface area contributed by atoms with Crippen molar-refractivity contribution >= 4 is 29.9 Å². The highest BCUT2D eigenvalue weighted by Gasteiger charge is 2.19. The fourth-order valence-electron chi connectivity index (χ4n) is 2.51. The predicted octanol–water partition coefficient (Wildman–Crippen LogP) is 3.58. The van der Waals surface area contributed by atoms with Gasteiger partial charge in [-0.05, 0) is 36.2 Å². The van der Waals surface area contributed by atoms with Gasteiger partial charge in [0.25, 0.3) is 0 Å². The third-order valence-electron chi connectivity index (χ3n) is 4.00. The molecule has 1 fully saturated rings. The molecule has 0 aliphatic heterocycles. The van der Waals surface area contributed by atoms with Crippen molar-refractivity contribution in [1.82, 2.24) is 5.32 Å². The first kappa shape index (κ1) is 18.3. The average molecular weight is 401 g/mol. The summed E-state index contributed by atoms with van der Waals surface area (Å²) in [7, 11) is 0. The van der Waals surface area contributed by atoms with Crippen molar-refractivity contribution in [3.8, 4) is 0 Å². The number of nitrogens with zero attached hydrogens (tertiary/aromatic N) is 1. The molecule has 4 heteroatoms. The molecule has 0 atom stereocenters. The van der Waals surface area contributed by atoms with Crippen molar-refractivity contribution < 1.29 is 0 Å². The van der Waals surface area contributed by atoms with Crippen LogP contribution in [0, 0.1) is 11.3 Å². The Kier molecular flexibility index (Phi) is 7.49. The minimum Gasteiger partial charge on any atom is -0.370 e. The van der Waals surface area contributed by atoms with E-state index in [4.69, 9.17) is 5.73 Å². The summed E-state index contributed by atoms with van der Waals surface area (Å²) in [4.78, 5) is 4.51. The van der Waals surface area contributed by atoms with Gasteiger partial charge in [0.1, 0.15) is 0 Å². The van der Waals surface area contributed by atoms with Crippen LogP contribution in [0.4, 0.5) is 0 Å². The van der Waals surface area contributed by atoms with E-state index in [1.165, 1.54) is 24.8 Å². The Bertz CT molecular complexity index is 439. The zero-order valence-corrected chi connectivity index (χ0v) is 15.5. The number of benzene rings is 1. The van der Waals surface area contributed by atoms with Gasteiger partial charge in [-0.1, -0.05) is 50.6 Å². The van der Waals surface area contributed by atoms with E-state index < -0.39 is 0 Å². The summed E-state index contributed by atoms with van der Waals surface area (Å²) in [6.45, 7) is 6.21. The first-order valence-electron chi connectivity index (χ1n) is 7.63. The zero-order valence-electron chi connectivity index (χ0n) is 13.1. The van der Waals surface area contributed by atoms with Crippen LogP contribution in [-0.4, -0.2) is 19.0 Å². The van der Waals surface area contributed by atoms with Gasteiger partial charge in [0.15, 0.2) is 5.96 Å². The Balaban J connectivity index is 0.00000220. The SMILES string of the molecule is CC(C)(CN=C(N)NCC1CCC1)Cc1ccccc1.I. The molecular weight excluding hydrogens is 373 g/mol. The smallest absolute Gasteiger partial charge is 0.188 e. The van der Waals surface area contributed by atoms with Crippen LogP contribution in [0.1, 0.15) is 38.7 Å². The third kappa shape index (κ3) is 6.68. The summed E-state index contributed by atoms with van der Waals surface area (Å²) < 4.78 is 0. The monoisotopic (exact) mass is 401 g/mol. The molecule has 0 spiro atoms. The molecular formula is C17H28IN3. The normalized spacial score (nSPS) is 16.0. The van der Waals surface area contributed by atoms with Gasteiger partial charge in [0.2, 0.25) is 0 Å². The predicted molar refractivity (Wildman–Crippen MR) is 101 cm³/mol. The molecule has 1 aliphatic rings. The van der Waals surface area contributed by atoms with Crippen LogP contribution < -0.4 is 11.1 Å². The van der Waals surface area contributed by atoms with Gasteiger partial charge in [0, 0.05) is 13.1 Å². The number of nitrogens with two attached hydrogens (primary N) is 1. The Hall–Kier alpha value is -0.780. The van der Waals surface area contributed by atoms with Crippen LogP contribution in [0.2, 0.25) is 0 Å². The molecule has 1 aliphatic carbocycles. The van der Waals surface area contributed by atoms with Crippen molar-refractivity contribution in [2.24, 2.45) is 22.1 Å². The standard InChI is InChI=1S/C17H27N3.HI/c1-17(2,11-14-7-4-3-5-8-14)13-20-16(18)19-12-15-9-6-10-15;/h3-5,7-8,15H,6,9-13H2,1-2H3,(H3,18,19,20);1H. The summed E-state index contributed by atoms with van der Waals surface area (Å²) >= 11 is 0. The molecule has 21 heavy (non-hydrogen) atoms. The minimum atomic E-state index is 0. The highest BCUT2D eigenvalue weighted by Crippen LogP contribution is 2.25. The maximum atomic E-state index is 5.94. The van der Waals surface area contributed by atoms with E-state index in [9.17, 15) is 0 Å². The topological polar surface area (TPSA) is 50.4 Å². The van der Waals surface area contributed by atoms with E-state index in [-0.39, 0.29) is 29.4 Å². The van der Waals surface area contributed by atoms with Crippen LogP contribution in [-0.2, 0) is 6.42 Å². The van der Waals surface area contributed by atoms with Crippen molar-refractivity contribution in [1.29, 1.82) is 0 Å². The van der Waals surface area contributed by atoms with Crippen LogP contribution in [0.3, 0.4) is 0 Å². The van der Waals surface area contributed by atoms with Crippen molar-refractivity contribution in [2.45, 2.75) is 39.5 Å². The number of rotatable bonds is 6. The molecule has 118 valence electrons. The maximum absolute atomic E-state index is 5.94. The first-order chi connectivity index (χ1) is 9.55. The molecule has 0 aromatic heterocycles.